The standard InChI is InChI=1S/C11H7ClFN3O3.C11H9ClFN3O.C6H3Cl2NO2.C6H5Cl2N.C6H4FNO3.C5H3Cl2N.8CH4/c12-10-9(3-4-15-11(10)14)19-8-2-1-6(16(17)18)5-7(8)13;12-10-9(3-4-16-11(10)15)17-8-2-1-6(14)5-7(8)13;7-4-1-2-9-6(5(4)8)11-3-10;1-4-6(8)5(7)2-3-9-4;7-5-3-4(8(10)11)1-2-6(5)9;6-4-1-2-8-3-5(4)7;;;;;;;;/h1-5H,(H2,14,15);1-5H,14H2,(H2,15,16);1-3H;2-3H,1H3;1-3,9H;1-3H;8*1H4. The smallest absolute Gasteiger partial charge is 0.299 e. The summed E-state index contributed by atoms with van der Waals surface area (Å²) in [6.07, 6.45) is 8.89. The van der Waals surface area contributed by atoms with Crippen molar-refractivity contribution in [3.63, 3.8) is 0 Å². The molecule has 0 bridgehead atoms. The molecule has 7 N–H and O–H groups in total. The van der Waals surface area contributed by atoms with Crippen molar-refractivity contribution in [1.82, 2.24) is 24.9 Å². The predicted molar refractivity (Wildman–Crippen MR) is 334 cm³/mol. The summed E-state index contributed by atoms with van der Waals surface area (Å²) in [5.74, 6) is -2.66. The first kappa shape index (κ1) is 86.8. The summed E-state index contributed by atoms with van der Waals surface area (Å²) in [5.41, 5.74) is 16.7. The quantitative estimate of drug-likeness (QED) is 0.0476. The van der Waals surface area contributed by atoms with Crippen molar-refractivity contribution < 1.29 is 47.1 Å². The molecule has 0 aliphatic carbocycles. The van der Waals surface area contributed by atoms with E-state index in [2.05, 4.69) is 29.7 Å². The lowest BCUT2D eigenvalue weighted by atomic mass is 10.3. The number of aromatic hydroxyl groups is 1. The van der Waals surface area contributed by atoms with Gasteiger partial charge in [-0.05, 0) is 49.4 Å². The molecule has 0 amide bonds. The number of non-ortho nitro benzene ring substituents is 2. The highest BCUT2D eigenvalue weighted by Gasteiger charge is 2.15. The van der Waals surface area contributed by atoms with Crippen molar-refractivity contribution in [3.8, 4) is 34.6 Å². The number of anilines is 3. The van der Waals surface area contributed by atoms with E-state index < -0.39 is 33.0 Å². The van der Waals surface area contributed by atoms with Crippen molar-refractivity contribution in [2.75, 3.05) is 17.2 Å². The van der Waals surface area contributed by atoms with Gasteiger partial charge in [-0.1, -0.05) is 152 Å². The zero-order chi connectivity index (χ0) is 55.9. The van der Waals surface area contributed by atoms with Crippen LogP contribution in [0.4, 0.5) is 41.9 Å². The van der Waals surface area contributed by atoms with E-state index in [1.807, 2.05) is 6.92 Å². The summed E-state index contributed by atoms with van der Waals surface area (Å²) in [6.45, 7) is 2.05. The van der Waals surface area contributed by atoms with Gasteiger partial charge >= 0.3 is 0 Å². The molecule has 83 heavy (non-hydrogen) atoms. The highest BCUT2D eigenvalue weighted by molar-refractivity contribution is 6.43. The number of carbonyl (C=O) groups is 1. The van der Waals surface area contributed by atoms with E-state index in [4.69, 9.17) is 125 Å². The molecule has 8 aromatic rings. The van der Waals surface area contributed by atoms with Crippen molar-refractivity contribution in [3.05, 3.63) is 206 Å². The molecule has 0 aliphatic heterocycles. The summed E-state index contributed by atoms with van der Waals surface area (Å²) in [5, 5.41) is 31.9. The van der Waals surface area contributed by atoms with E-state index in [-0.39, 0.29) is 133 Å². The summed E-state index contributed by atoms with van der Waals surface area (Å²) in [6, 6.07) is 17.4. The van der Waals surface area contributed by atoms with Gasteiger partial charge in [0.25, 0.3) is 17.8 Å². The Hall–Kier alpha value is -7.41. The summed E-state index contributed by atoms with van der Waals surface area (Å²) < 4.78 is 54.4. The van der Waals surface area contributed by atoms with Crippen LogP contribution < -0.4 is 31.4 Å². The number of nitro benzene ring substituents is 2. The molecule has 456 valence electrons. The molecule has 8 rings (SSSR count). The minimum Gasteiger partial charge on any atom is -0.505 e. The number of hydrogen-bond acceptors (Lipinski definition) is 17. The van der Waals surface area contributed by atoms with E-state index in [1.54, 1.807) is 24.5 Å². The molecule has 30 heteroatoms. The molecule has 0 aliphatic rings. The van der Waals surface area contributed by atoms with Gasteiger partial charge in [0, 0.05) is 73.2 Å². The fourth-order valence-electron chi connectivity index (χ4n) is 4.58. The Morgan fingerprint density at radius 2 is 0.928 bits per heavy atom. The second-order valence-corrected chi connectivity index (χ2v) is 16.4. The van der Waals surface area contributed by atoms with Gasteiger partial charge in [-0.2, -0.15) is 0 Å². The molecule has 0 radical (unpaired) electrons. The average Bonchev–Trinajstić information content (AvgIpc) is 3.36. The third-order valence-electron chi connectivity index (χ3n) is 8.13. The van der Waals surface area contributed by atoms with Gasteiger partial charge in [-0.25, -0.2) is 28.1 Å². The number of nitrogens with two attached hydrogens (primary N) is 3. The van der Waals surface area contributed by atoms with Gasteiger partial charge in [-0.3, -0.25) is 35.0 Å². The molecule has 0 unspecified atom stereocenters. The molecule has 0 atom stereocenters. The van der Waals surface area contributed by atoms with Gasteiger partial charge in [0.15, 0.2) is 46.2 Å². The van der Waals surface area contributed by atoms with Crippen molar-refractivity contribution in [2.24, 2.45) is 0 Å². The predicted octanol–water partition coefficient (Wildman–Crippen LogP) is 19.5. The number of nitro groups is 2. The summed E-state index contributed by atoms with van der Waals surface area (Å²) in [4.78, 5) is 47.7. The fraction of sp³-hybridized carbons (Fsp3) is 0.170. The largest absolute Gasteiger partial charge is 0.505 e. The Bertz CT molecular complexity index is 3240. The third kappa shape index (κ3) is 28.4. The molecule has 0 saturated heterocycles. The monoisotopic (exact) mass is 1320 g/mol. The fourth-order valence-corrected chi connectivity index (χ4v) is 5.70. The Morgan fingerprint density at radius 1 is 0.506 bits per heavy atom. The molecule has 0 spiro atoms. The molecule has 5 heterocycles. The zero-order valence-electron chi connectivity index (χ0n) is 37.4. The number of nitrogen functional groups attached to an aromatic ring is 3. The highest BCUT2D eigenvalue weighted by atomic mass is 35.5. The van der Waals surface area contributed by atoms with Gasteiger partial charge in [0.2, 0.25) is 5.88 Å². The van der Waals surface area contributed by atoms with Crippen LogP contribution in [0.2, 0.25) is 40.2 Å². The van der Waals surface area contributed by atoms with Crippen LogP contribution in [0.15, 0.2) is 122 Å². The molecule has 3 aromatic carbocycles. The summed E-state index contributed by atoms with van der Waals surface area (Å²) in [7, 11) is 0. The van der Waals surface area contributed by atoms with E-state index in [1.165, 1.54) is 55.1 Å². The normalized spacial score (nSPS) is 8.87. The third-order valence-corrected chi connectivity index (χ3v) is 11.3. The Labute approximate surface area is 520 Å². The number of carbonyl (C=O) groups excluding carboxylic acids is 1. The summed E-state index contributed by atoms with van der Waals surface area (Å²) >= 11 is 45.3. The van der Waals surface area contributed by atoms with E-state index in [9.17, 15) is 38.2 Å². The van der Waals surface area contributed by atoms with Crippen LogP contribution in [0.5, 0.6) is 34.6 Å². The molecule has 5 aromatic heterocycles. The number of phenolic OH excluding ortho intramolecular Hbond substituents is 1. The number of nitrogens with zero attached hydrogens (tertiary/aromatic N) is 7. The van der Waals surface area contributed by atoms with Crippen LogP contribution in [0.1, 0.15) is 65.1 Å². The van der Waals surface area contributed by atoms with E-state index in [0.717, 1.165) is 42.1 Å². The topological polar surface area (TPSA) is 294 Å². The first-order valence-electron chi connectivity index (χ1n) is 19.6. The average molecular weight is 1320 g/mol. The van der Waals surface area contributed by atoms with E-state index in [0.29, 0.717) is 36.9 Å². The number of halogens is 11. The lowest BCUT2D eigenvalue weighted by Crippen LogP contribution is -1.95. The first-order valence-corrected chi connectivity index (χ1v) is 22.7. The Kier molecular flexibility index (Phi) is 45.3. The lowest BCUT2D eigenvalue weighted by Gasteiger charge is -2.09. The molecular formula is C53H63Cl8F3N10O9. The lowest BCUT2D eigenvalue weighted by molar-refractivity contribution is -0.385. The maximum absolute atomic E-state index is 13.6. The van der Waals surface area contributed by atoms with Crippen LogP contribution in [0.25, 0.3) is 0 Å². The van der Waals surface area contributed by atoms with Gasteiger partial charge in [0.1, 0.15) is 26.7 Å². The van der Waals surface area contributed by atoms with Gasteiger partial charge in [0.05, 0.1) is 52.8 Å². The SMILES string of the molecule is C.C.C.C.C.C.C.C.Cc1nccc(Cl)c1Cl.Clc1ccncc1Cl.Nc1ccc(Oc2ccnc(N)c2Cl)c(F)c1.Nc1nccc(Oc2ccc([N+](=O)[O-])cc2F)c1Cl.O=COc1nccc(Cl)c1Cl.O=[N+]([O-])c1ccc(O)c(F)c1. The van der Waals surface area contributed by atoms with Gasteiger partial charge < -0.3 is 36.5 Å². The number of pyridine rings is 5. The number of aryl methyl sites for hydroxylation is 1. The number of aromatic nitrogens is 5. The van der Waals surface area contributed by atoms with Crippen molar-refractivity contribution in [1.29, 1.82) is 0 Å². The van der Waals surface area contributed by atoms with Crippen LogP contribution in [0.3, 0.4) is 0 Å². The highest BCUT2D eigenvalue weighted by Crippen LogP contribution is 2.36. The van der Waals surface area contributed by atoms with Gasteiger partial charge in [-0.15, -0.1) is 0 Å². The molecule has 0 saturated carbocycles. The van der Waals surface area contributed by atoms with Crippen LogP contribution in [0, 0.1) is 44.6 Å². The molecule has 19 nitrogen and oxygen atoms in total. The second-order valence-electron chi connectivity index (χ2n) is 13.3. The minimum absolute atomic E-state index is 0. The maximum atomic E-state index is 13.6. The van der Waals surface area contributed by atoms with Crippen LogP contribution in [-0.2, 0) is 4.79 Å². The second kappa shape index (κ2) is 43.3. The first-order chi connectivity index (χ1) is 35.4. The molecular weight excluding hydrogens is 1260 g/mol. The van der Waals surface area contributed by atoms with Crippen molar-refractivity contribution >= 4 is 128 Å². The number of phenols is 1. The number of ether oxygens (including phenoxy) is 3. The Balaban J connectivity index is -0.000000215. The number of hydrogen-bond donors (Lipinski definition) is 4. The van der Waals surface area contributed by atoms with Crippen LogP contribution >= 0.6 is 92.8 Å². The number of benzene rings is 3. The van der Waals surface area contributed by atoms with Crippen LogP contribution in [-0.4, -0.2) is 46.3 Å². The maximum Gasteiger partial charge on any atom is 0.299 e. The zero-order valence-corrected chi connectivity index (χ0v) is 43.4. The molecule has 0 fully saturated rings. The number of rotatable bonds is 8. The minimum atomic E-state index is -0.987. The van der Waals surface area contributed by atoms with Crippen molar-refractivity contribution in [2.45, 2.75) is 66.3 Å². The Morgan fingerprint density at radius 3 is 1.33 bits per heavy atom. The van der Waals surface area contributed by atoms with E-state index >= 15 is 0 Å².